The summed E-state index contributed by atoms with van der Waals surface area (Å²) < 4.78 is 11.2. The summed E-state index contributed by atoms with van der Waals surface area (Å²) in [5.74, 6) is -0.758. The van der Waals surface area contributed by atoms with Crippen LogP contribution < -0.4 is 14.8 Å². The topological polar surface area (TPSA) is 108 Å². The third kappa shape index (κ3) is 7.88. The number of carbonyl (C=O) groups excluding carboxylic acids is 1. The zero-order chi connectivity index (χ0) is 25.5. The number of β-amino-alcohol motifs (C(OH)–C–C–N with tert-alkyl or cyclic N) is 1. The quantitative estimate of drug-likeness (QED) is 0.413. The van der Waals surface area contributed by atoms with Gasteiger partial charge in [-0.1, -0.05) is 34.8 Å². The van der Waals surface area contributed by atoms with Gasteiger partial charge in [-0.25, -0.2) is 4.79 Å². The molecule has 190 valence electrons. The van der Waals surface area contributed by atoms with Gasteiger partial charge < -0.3 is 29.9 Å². The molecule has 1 aliphatic rings. The number of carbonyl (C=O) groups is 2. The number of likely N-dealkylation sites (tertiary alicyclic amines) is 1. The summed E-state index contributed by atoms with van der Waals surface area (Å²) >= 11 is 18.2. The number of hydrogen-bond donors (Lipinski definition) is 3. The van der Waals surface area contributed by atoms with E-state index in [9.17, 15) is 14.7 Å². The number of rotatable bonds is 10. The predicted octanol–water partition coefficient (Wildman–Crippen LogP) is 4.05. The van der Waals surface area contributed by atoms with Crippen molar-refractivity contribution in [2.75, 3.05) is 32.8 Å². The number of hydrogen-bond acceptors (Lipinski definition) is 6. The summed E-state index contributed by atoms with van der Waals surface area (Å²) in [5.41, 5.74) is 1.06. The fraction of sp³-hybridized carbons (Fsp3) is 0.417. The molecule has 0 radical (unpaired) electrons. The minimum absolute atomic E-state index is 0.0430. The van der Waals surface area contributed by atoms with Crippen molar-refractivity contribution in [2.24, 2.45) is 0 Å². The van der Waals surface area contributed by atoms with Crippen molar-refractivity contribution < 1.29 is 29.3 Å². The average Bonchev–Trinajstić information content (AvgIpc) is 2.83. The van der Waals surface area contributed by atoms with Crippen molar-refractivity contribution >= 4 is 46.7 Å². The molecule has 35 heavy (non-hydrogen) atoms. The highest BCUT2D eigenvalue weighted by atomic mass is 35.5. The van der Waals surface area contributed by atoms with Crippen LogP contribution in [0.3, 0.4) is 0 Å². The van der Waals surface area contributed by atoms with E-state index in [1.165, 1.54) is 18.2 Å². The predicted molar refractivity (Wildman–Crippen MR) is 134 cm³/mol. The van der Waals surface area contributed by atoms with Crippen molar-refractivity contribution in [3.8, 4) is 11.5 Å². The molecule has 1 fully saturated rings. The number of piperidine rings is 1. The number of aliphatic hydroxyl groups excluding tert-OH is 1. The molecule has 1 amide bonds. The van der Waals surface area contributed by atoms with Crippen LogP contribution in [0.15, 0.2) is 30.3 Å². The van der Waals surface area contributed by atoms with Crippen LogP contribution in [-0.2, 0) is 4.79 Å². The van der Waals surface area contributed by atoms with Gasteiger partial charge in [-0.05, 0) is 50.1 Å². The number of aliphatic hydroxyl groups is 1. The Bertz CT molecular complexity index is 1060. The van der Waals surface area contributed by atoms with Gasteiger partial charge in [-0.3, -0.25) is 4.79 Å². The molecule has 8 nitrogen and oxygen atoms in total. The Morgan fingerprint density at radius 2 is 1.80 bits per heavy atom. The third-order valence-electron chi connectivity index (χ3n) is 5.63. The maximum absolute atomic E-state index is 12.4. The second-order valence-electron chi connectivity index (χ2n) is 8.29. The standard InChI is InChI=1S/C24H27Cl3N2O6/c1-14-20(5-4-19(26)23(14)27)35-17-6-8-29(9-7-17)12-16(30)11-28-24(33)15-2-3-18(25)21(10-15)34-13-22(31)32/h2-5,10,16-17,30H,6-9,11-13H2,1H3,(H,28,33)(H,31,32)/t16-/m1/s1. The molecule has 0 bridgehead atoms. The first-order valence-electron chi connectivity index (χ1n) is 11.1. The number of carboxylic acids is 1. The largest absolute Gasteiger partial charge is 0.490 e. The number of ether oxygens (including phenoxy) is 2. The SMILES string of the molecule is Cc1c(OC2CCN(C[C@H](O)CNC(=O)c3ccc(Cl)c(OCC(=O)O)c3)CC2)ccc(Cl)c1Cl. The highest BCUT2D eigenvalue weighted by Crippen LogP contribution is 2.33. The van der Waals surface area contributed by atoms with Crippen molar-refractivity contribution in [1.82, 2.24) is 10.2 Å². The number of amides is 1. The molecule has 0 aromatic heterocycles. The van der Waals surface area contributed by atoms with Gasteiger partial charge >= 0.3 is 5.97 Å². The van der Waals surface area contributed by atoms with Crippen LogP contribution >= 0.6 is 34.8 Å². The second kappa shape index (κ2) is 12.6. The first kappa shape index (κ1) is 27.4. The van der Waals surface area contributed by atoms with Gasteiger partial charge in [-0.15, -0.1) is 0 Å². The first-order valence-corrected chi connectivity index (χ1v) is 12.2. The maximum atomic E-state index is 12.4. The minimum atomic E-state index is -1.15. The van der Waals surface area contributed by atoms with Crippen LogP contribution in [0.25, 0.3) is 0 Å². The van der Waals surface area contributed by atoms with E-state index in [0.29, 0.717) is 16.6 Å². The van der Waals surface area contributed by atoms with Crippen LogP contribution in [0.5, 0.6) is 11.5 Å². The molecule has 0 unspecified atom stereocenters. The lowest BCUT2D eigenvalue weighted by molar-refractivity contribution is -0.139. The summed E-state index contributed by atoms with van der Waals surface area (Å²) in [6, 6.07) is 7.87. The van der Waals surface area contributed by atoms with E-state index in [0.717, 1.165) is 37.2 Å². The Balaban J connectivity index is 1.42. The molecule has 1 aliphatic heterocycles. The molecular weight excluding hydrogens is 519 g/mol. The highest BCUT2D eigenvalue weighted by Gasteiger charge is 2.23. The number of benzene rings is 2. The third-order valence-corrected chi connectivity index (χ3v) is 6.84. The van der Waals surface area contributed by atoms with Gasteiger partial charge in [0, 0.05) is 37.3 Å². The molecule has 0 aliphatic carbocycles. The first-order chi connectivity index (χ1) is 16.6. The lowest BCUT2D eigenvalue weighted by Gasteiger charge is -2.33. The number of carboxylic acid groups (broad SMARTS) is 1. The zero-order valence-corrected chi connectivity index (χ0v) is 21.4. The van der Waals surface area contributed by atoms with Gasteiger partial charge in [-0.2, -0.15) is 0 Å². The van der Waals surface area contributed by atoms with E-state index in [1.807, 2.05) is 13.0 Å². The van der Waals surface area contributed by atoms with Crippen LogP contribution in [-0.4, -0.2) is 72.0 Å². The molecule has 1 atom stereocenters. The highest BCUT2D eigenvalue weighted by molar-refractivity contribution is 6.42. The summed E-state index contributed by atoms with van der Waals surface area (Å²) in [5, 5.41) is 23.0. The fourth-order valence-corrected chi connectivity index (χ4v) is 4.25. The van der Waals surface area contributed by atoms with Crippen LogP contribution in [0, 0.1) is 6.92 Å². The van der Waals surface area contributed by atoms with Crippen molar-refractivity contribution in [2.45, 2.75) is 32.0 Å². The van der Waals surface area contributed by atoms with Gasteiger partial charge in [0.2, 0.25) is 0 Å². The van der Waals surface area contributed by atoms with Gasteiger partial charge in [0.05, 0.1) is 21.2 Å². The molecule has 2 aromatic rings. The normalized spacial score (nSPS) is 15.5. The van der Waals surface area contributed by atoms with E-state index in [4.69, 9.17) is 49.4 Å². The summed E-state index contributed by atoms with van der Waals surface area (Å²) in [6.45, 7) is 3.27. The molecule has 2 aromatic carbocycles. The lowest BCUT2D eigenvalue weighted by atomic mass is 10.1. The zero-order valence-electron chi connectivity index (χ0n) is 19.1. The number of aliphatic carboxylic acids is 1. The summed E-state index contributed by atoms with van der Waals surface area (Å²) in [6.07, 6.45) is 0.871. The number of nitrogens with one attached hydrogen (secondary N) is 1. The molecule has 1 saturated heterocycles. The minimum Gasteiger partial charge on any atom is -0.490 e. The van der Waals surface area contributed by atoms with Crippen LogP contribution in [0.1, 0.15) is 28.8 Å². The Morgan fingerprint density at radius 3 is 2.49 bits per heavy atom. The Hall–Kier alpha value is -2.23. The molecule has 11 heteroatoms. The van der Waals surface area contributed by atoms with Gasteiger partial charge in [0.25, 0.3) is 5.91 Å². The van der Waals surface area contributed by atoms with E-state index in [2.05, 4.69) is 10.2 Å². The lowest BCUT2D eigenvalue weighted by Crippen LogP contribution is -2.45. The number of halogens is 3. The van der Waals surface area contributed by atoms with Crippen molar-refractivity contribution in [1.29, 1.82) is 0 Å². The number of nitrogens with zero attached hydrogens (tertiary/aromatic N) is 1. The summed E-state index contributed by atoms with van der Waals surface area (Å²) in [4.78, 5) is 25.3. The average molecular weight is 546 g/mol. The van der Waals surface area contributed by atoms with Gasteiger partial charge in [0.15, 0.2) is 6.61 Å². The van der Waals surface area contributed by atoms with E-state index in [-0.39, 0.29) is 29.0 Å². The smallest absolute Gasteiger partial charge is 0.341 e. The summed E-state index contributed by atoms with van der Waals surface area (Å²) in [7, 11) is 0. The Morgan fingerprint density at radius 1 is 1.11 bits per heavy atom. The molecule has 0 saturated carbocycles. The fourth-order valence-electron chi connectivity index (χ4n) is 3.72. The van der Waals surface area contributed by atoms with E-state index < -0.39 is 24.6 Å². The van der Waals surface area contributed by atoms with Crippen LogP contribution in [0.4, 0.5) is 0 Å². The van der Waals surface area contributed by atoms with Crippen molar-refractivity contribution in [3.63, 3.8) is 0 Å². The maximum Gasteiger partial charge on any atom is 0.341 e. The Kier molecular flexibility index (Phi) is 9.89. The Labute approximate surface area is 218 Å². The van der Waals surface area contributed by atoms with Gasteiger partial charge in [0.1, 0.15) is 17.6 Å². The second-order valence-corrected chi connectivity index (χ2v) is 9.49. The molecule has 0 spiro atoms. The molecule has 3 rings (SSSR count). The molecule has 1 heterocycles. The van der Waals surface area contributed by atoms with Crippen LogP contribution in [0.2, 0.25) is 15.1 Å². The molecular formula is C24H27Cl3N2O6. The van der Waals surface area contributed by atoms with Crippen molar-refractivity contribution in [3.05, 3.63) is 56.5 Å². The molecule has 3 N–H and O–H groups in total. The monoisotopic (exact) mass is 544 g/mol. The van der Waals surface area contributed by atoms with E-state index in [1.54, 1.807) is 6.07 Å². The van der Waals surface area contributed by atoms with E-state index >= 15 is 0 Å².